The van der Waals surface area contributed by atoms with Crippen LogP contribution in [-0.2, 0) is 38.2 Å². The third-order valence-corrected chi connectivity index (χ3v) is 9.62. The highest BCUT2D eigenvalue weighted by Gasteiger charge is 2.75. The molecule has 0 amide bonds. The van der Waals surface area contributed by atoms with Crippen molar-refractivity contribution < 1.29 is 53.7 Å². The van der Waals surface area contributed by atoms with Crippen LogP contribution < -0.4 is 0 Å². The zero-order chi connectivity index (χ0) is 33.5. The average molecular weight is 633 g/mol. The van der Waals surface area contributed by atoms with Crippen LogP contribution >= 0.6 is 0 Å². The molecule has 3 N–H and O–H groups in total. The van der Waals surface area contributed by atoms with Crippen molar-refractivity contribution in [1.29, 1.82) is 0 Å². The van der Waals surface area contributed by atoms with Gasteiger partial charge in [-0.05, 0) is 54.6 Å². The highest BCUT2D eigenvalue weighted by Crippen LogP contribution is 2.68. The van der Waals surface area contributed by atoms with Gasteiger partial charge in [-0.3, -0.25) is 19.6 Å². The number of unbranched alkanes of at least 4 members (excludes halogenated alkanes) is 3. The van der Waals surface area contributed by atoms with Crippen molar-refractivity contribution >= 4 is 17.9 Å². The molecular formula is C34H48O11. The molecule has 1 spiro atoms. The van der Waals surface area contributed by atoms with E-state index >= 15 is 0 Å². The fourth-order valence-corrected chi connectivity index (χ4v) is 7.27. The fraction of sp³-hybridized carbons (Fsp3) is 0.618. The first-order chi connectivity index (χ1) is 21.3. The molecule has 0 aromatic rings. The number of rotatable bonds is 14. The van der Waals surface area contributed by atoms with Crippen LogP contribution in [0.1, 0.15) is 73.1 Å². The minimum absolute atomic E-state index is 0.0636. The van der Waals surface area contributed by atoms with Gasteiger partial charge in [0.05, 0.1) is 12.2 Å². The van der Waals surface area contributed by atoms with Gasteiger partial charge < -0.3 is 24.4 Å². The molecule has 45 heavy (non-hydrogen) atoms. The maximum atomic E-state index is 13.3. The number of esters is 3. The number of allylic oxidation sites excluding steroid dienone is 3. The summed E-state index contributed by atoms with van der Waals surface area (Å²) in [5.41, 5.74) is -2.04. The number of carbonyl (C=O) groups is 3. The third-order valence-electron chi connectivity index (χ3n) is 9.62. The van der Waals surface area contributed by atoms with E-state index in [1.165, 1.54) is 32.1 Å². The molecule has 0 aromatic carbocycles. The summed E-state index contributed by atoms with van der Waals surface area (Å²) >= 11 is 0. The minimum Gasteiger partial charge on any atom is -0.455 e. The van der Waals surface area contributed by atoms with Crippen LogP contribution in [-0.4, -0.2) is 70.4 Å². The Morgan fingerprint density at radius 3 is 2.42 bits per heavy atom. The van der Waals surface area contributed by atoms with Crippen molar-refractivity contribution in [1.82, 2.24) is 0 Å². The molecule has 0 aromatic heterocycles. The second-order valence-corrected chi connectivity index (χ2v) is 12.4. The highest BCUT2D eigenvalue weighted by atomic mass is 17.1. The molecule has 3 rings (SSSR count). The topological polar surface area (TPSA) is 158 Å². The van der Waals surface area contributed by atoms with Gasteiger partial charge in [-0.1, -0.05) is 71.1 Å². The molecule has 0 unspecified atom stereocenters. The summed E-state index contributed by atoms with van der Waals surface area (Å²) in [5.74, 6) is -3.57. The van der Waals surface area contributed by atoms with Gasteiger partial charge in [0.15, 0.2) is 0 Å². The van der Waals surface area contributed by atoms with E-state index in [2.05, 4.69) is 20.1 Å². The van der Waals surface area contributed by atoms with Gasteiger partial charge in [-0.2, -0.15) is 0 Å². The standard InChI is InChI=1S/C34H48O11/c1-8-10-11-12-13-14-15-16-28(38)43-30-29(39)21(4)33(7,19-26(45-40)20(3)9-2)27-18-24(37)17-25-31(41-22(5)35)44-32(34(25,27)30)42-23(6)36/h9,13-17,21,24,26-27,29-32,37,39-40H,2-3,8,10-12,18-19H2,1,4-7H3/b14-13+,16-15-/t21-,24+,26+,27+,29-,30-,31+,32-,33-,34-/m1/s1. The van der Waals surface area contributed by atoms with Gasteiger partial charge in [0.1, 0.15) is 17.6 Å². The number of hydrogen-bond donors (Lipinski definition) is 3. The molecule has 0 bridgehead atoms. The Morgan fingerprint density at radius 1 is 1.13 bits per heavy atom. The molecule has 2 fully saturated rings. The van der Waals surface area contributed by atoms with E-state index in [0.717, 1.165) is 25.7 Å². The lowest BCUT2D eigenvalue weighted by molar-refractivity contribution is -0.298. The van der Waals surface area contributed by atoms with Gasteiger partial charge in [0.25, 0.3) is 0 Å². The normalized spacial score (nSPS) is 34.8. The van der Waals surface area contributed by atoms with Crippen molar-refractivity contribution in [3.63, 3.8) is 0 Å². The van der Waals surface area contributed by atoms with Crippen LogP contribution in [0.25, 0.3) is 0 Å². The van der Waals surface area contributed by atoms with Crippen LogP contribution in [0, 0.1) is 22.7 Å². The summed E-state index contributed by atoms with van der Waals surface area (Å²) in [6.07, 6.45) is 5.94. The average Bonchev–Trinajstić information content (AvgIpc) is 3.27. The first-order valence-electron chi connectivity index (χ1n) is 15.5. The van der Waals surface area contributed by atoms with E-state index in [1.54, 1.807) is 19.1 Å². The molecule has 1 aliphatic heterocycles. The van der Waals surface area contributed by atoms with Gasteiger partial charge in [-0.25, -0.2) is 9.68 Å². The summed E-state index contributed by atoms with van der Waals surface area (Å²) in [4.78, 5) is 42.7. The van der Waals surface area contributed by atoms with Crippen LogP contribution in [0.15, 0.2) is 60.8 Å². The first-order valence-corrected chi connectivity index (χ1v) is 15.5. The molecule has 11 heteroatoms. The van der Waals surface area contributed by atoms with E-state index in [0.29, 0.717) is 5.57 Å². The zero-order valence-corrected chi connectivity index (χ0v) is 26.8. The zero-order valence-electron chi connectivity index (χ0n) is 26.8. The molecule has 11 nitrogen and oxygen atoms in total. The van der Waals surface area contributed by atoms with Crippen molar-refractivity contribution in [3.05, 3.63) is 60.8 Å². The Balaban J connectivity index is 2.18. The molecule has 1 heterocycles. The number of aliphatic hydroxyl groups is 2. The quantitative estimate of drug-likeness (QED) is 0.0356. The molecule has 250 valence electrons. The number of aliphatic hydroxyl groups excluding tert-OH is 2. The molecule has 2 aliphatic carbocycles. The predicted octanol–water partition coefficient (Wildman–Crippen LogP) is 4.70. The summed E-state index contributed by atoms with van der Waals surface area (Å²) < 4.78 is 23.3. The lowest BCUT2D eigenvalue weighted by atomic mass is 9.44. The number of carbonyl (C=O) groups excluding carboxylic acids is 3. The van der Waals surface area contributed by atoms with Gasteiger partial charge in [-0.15, -0.1) is 0 Å². The van der Waals surface area contributed by atoms with E-state index < -0.39 is 77.6 Å². The Morgan fingerprint density at radius 2 is 1.82 bits per heavy atom. The van der Waals surface area contributed by atoms with Crippen LogP contribution in [0.2, 0.25) is 0 Å². The van der Waals surface area contributed by atoms with Gasteiger partial charge >= 0.3 is 17.9 Å². The maximum absolute atomic E-state index is 13.3. The molecular weight excluding hydrogens is 584 g/mol. The summed E-state index contributed by atoms with van der Waals surface area (Å²) in [6.45, 7) is 15.7. The summed E-state index contributed by atoms with van der Waals surface area (Å²) in [7, 11) is 0. The first kappa shape index (κ1) is 36.4. The van der Waals surface area contributed by atoms with Crippen LogP contribution in [0.4, 0.5) is 0 Å². The van der Waals surface area contributed by atoms with Crippen molar-refractivity contribution in [2.45, 2.75) is 110 Å². The maximum Gasteiger partial charge on any atom is 0.331 e. The Bertz CT molecular complexity index is 1200. The van der Waals surface area contributed by atoms with Crippen molar-refractivity contribution in [2.75, 3.05) is 0 Å². The molecule has 1 saturated heterocycles. The summed E-state index contributed by atoms with van der Waals surface area (Å²) in [5, 5.41) is 33.0. The Kier molecular flexibility index (Phi) is 12.5. The second kappa shape index (κ2) is 15.5. The molecule has 3 aliphatic rings. The van der Waals surface area contributed by atoms with Crippen LogP contribution in [0.3, 0.4) is 0 Å². The minimum atomic E-state index is -1.61. The highest BCUT2D eigenvalue weighted by molar-refractivity contribution is 5.82. The lowest BCUT2D eigenvalue weighted by Gasteiger charge is -2.62. The SMILES string of the molecule is C=CC(=C)[C@H](C[C@]1(C)[C@H](C)[C@@H](O)[C@@H](OC(=O)/C=C\C=C\CCCCC)[C@@]23C(=C[C@H](O)C[C@@H]12)[C@@H](OC(C)=O)O[C@H]3OC(C)=O)OO. The summed E-state index contributed by atoms with van der Waals surface area (Å²) in [6, 6.07) is 0. The number of hydrogen-bond acceptors (Lipinski definition) is 11. The Hall–Kier alpha value is -3.09. The van der Waals surface area contributed by atoms with E-state index in [9.17, 15) is 29.9 Å². The van der Waals surface area contributed by atoms with Crippen LogP contribution in [0.5, 0.6) is 0 Å². The smallest absolute Gasteiger partial charge is 0.331 e. The van der Waals surface area contributed by atoms with Gasteiger partial charge in [0, 0.05) is 25.5 Å². The monoisotopic (exact) mass is 632 g/mol. The molecule has 0 radical (unpaired) electrons. The fourth-order valence-electron chi connectivity index (χ4n) is 7.27. The lowest BCUT2D eigenvalue weighted by Crippen LogP contribution is -2.69. The van der Waals surface area contributed by atoms with E-state index in [-0.39, 0.29) is 18.4 Å². The van der Waals surface area contributed by atoms with Crippen molar-refractivity contribution in [2.24, 2.45) is 22.7 Å². The largest absolute Gasteiger partial charge is 0.455 e. The van der Waals surface area contributed by atoms with Gasteiger partial charge in [0.2, 0.25) is 12.6 Å². The molecule has 1 saturated carbocycles. The Labute approximate surface area is 265 Å². The van der Waals surface area contributed by atoms with E-state index in [1.807, 2.05) is 13.0 Å². The van der Waals surface area contributed by atoms with E-state index in [4.69, 9.17) is 23.8 Å². The van der Waals surface area contributed by atoms with Crippen molar-refractivity contribution in [3.8, 4) is 0 Å². The second-order valence-electron chi connectivity index (χ2n) is 12.4. The third kappa shape index (κ3) is 7.49. The number of ether oxygens (including phenoxy) is 4. The predicted molar refractivity (Wildman–Crippen MR) is 164 cm³/mol. The molecule has 10 atom stereocenters.